The first-order valence-electron chi connectivity index (χ1n) is 10.4. The maximum atomic E-state index is 12.5. The molecule has 0 aliphatic heterocycles. The molecule has 9 heteroatoms. The lowest BCUT2D eigenvalue weighted by atomic mass is 9.88. The van der Waals surface area contributed by atoms with Crippen molar-refractivity contribution < 1.29 is 4.79 Å². The summed E-state index contributed by atoms with van der Waals surface area (Å²) in [6.07, 6.45) is 7.33. The Bertz CT molecular complexity index is 1320. The number of hydrogen-bond acceptors (Lipinski definition) is 7. The summed E-state index contributed by atoms with van der Waals surface area (Å²) in [5.74, 6) is 0.862. The minimum atomic E-state index is -0.0485. The summed E-state index contributed by atoms with van der Waals surface area (Å²) in [5, 5.41) is 3.08. The molecule has 1 amide bonds. The van der Waals surface area contributed by atoms with E-state index in [1.165, 1.54) is 17.8 Å². The van der Waals surface area contributed by atoms with E-state index in [1.807, 2.05) is 31.3 Å². The van der Waals surface area contributed by atoms with Gasteiger partial charge in [0.25, 0.3) is 5.56 Å². The summed E-state index contributed by atoms with van der Waals surface area (Å²) >= 11 is 4.69. The smallest absolute Gasteiger partial charge is 0.258 e. The van der Waals surface area contributed by atoms with Gasteiger partial charge in [-0.25, -0.2) is 9.97 Å². The standard InChI is InChI=1S/C22H22N4O2S3/c1-13-11-26-19(27)10-16(24-21(26)30-13)12-29-22-25-17-8-7-15(9-18(17)31-22)23-20(28)14-5-3-2-4-6-14/h7-11,14H,2-6,12H2,1H3,(H,23,28). The molecule has 0 unspecified atom stereocenters. The third-order valence-corrected chi connectivity index (χ3v) is 8.58. The Kier molecular flexibility index (Phi) is 5.81. The Hall–Kier alpha value is -2.23. The number of anilines is 1. The van der Waals surface area contributed by atoms with E-state index in [9.17, 15) is 9.59 Å². The van der Waals surface area contributed by atoms with Crippen LogP contribution in [0.4, 0.5) is 5.69 Å². The van der Waals surface area contributed by atoms with Crippen LogP contribution in [0.2, 0.25) is 0 Å². The second kappa shape index (κ2) is 8.72. The number of carbonyl (C=O) groups is 1. The average Bonchev–Trinajstić information content (AvgIpc) is 3.35. The molecule has 4 aromatic rings. The summed E-state index contributed by atoms with van der Waals surface area (Å²) in [7, 11) is 0. The van der Waals surface area contributed by atoms with Crippen molar-refractivity contribution >= 4 is 61.2 Å². The van der Waals surface area contributed by atoms with Crippen molar-refractivity contribution in [2.75, 3.05) is 5.32 Å². The number of thiazole rings is 2. The topological polar surface area (TPSA) is 76.4 Å². The second-order valence-corrected chi connectivity index (χ2v) is 11.3. The molecule has 0 bridgehead atoms. The van der Waals surface area contributed by atoms with Crippen molar-refractivity contribution in [2.45, 2.75) is 49.1 Å². The van der Waals surface area contributed by atoms with Crippen LogP contribution in [0.3, 0.4) is 0 Å². The van der Waals surface area contributed by atoms with Crippen molar-refractivity contribution in [2.24, 2.45) is 5.92 Å². The van der Waals surface area contributed by atoms with E-state index in [2.05, 4.69) is 15.3 Å². The molecule has 0 spiro atoms. The van der Waals surface area contributed by atoms with Gasteiger partial charge in [0.2, 0.25) is 5.91 Å². The normalized spacial score (nSPS) is 15.0. The monoisotopic (exact) mass is 470 g/mol. The third-order valence-electron chi connectivity index (χ3n) is 5.49. The van der Waals surface area contributed by atoms with Crippen LogP contribution < -0.4 is 10.9 Å². The Morgan fingerprint density at radius 1 is 1.19 bits per heavy atom. The zero-order valence-corrected chi connectivity index (χ0v) is 19.5. The van der Waals surface area contributed by atoms with Gasteiger partial charge in [-0.05, 0) is 38.0 Å². The molecular formula is C22H22N4O2S3. The minimum absolute atomic E-state index is 0.0485. The van der Waals surface area contributed by atoms with E-state index in [-0.39, 0.29) is 17.4 Å². The fraction of sp³-hybridized carbons (Fsp3) is 0.364. The van der Waals surface area contributed by atoms with E-state index in [0.717, 1.165) is 61.5 Å². The Labute approximate surface area is 191 Å². The predicted octanol–water partition coefficient (Wildman–Crippen LogP) is 5.49. The van der Waals surface area contributed by atoms with E-state index < -0.39 is 0 Å². The van der Waals surface area contributed by atoms with Gasteiger partial charge in [0.15, 0.2) is 9.30 Å². The lowest BCUT2D eigenvalue weighted by Gasteiger charge is -2.20. The van der Waals surface area contributed by atoms with E-state index in [4.69, 9.17) is 0 Å². The van der Waals surface area contributed by atoms with Crippen LogP contribution in [0.15, 0.2) is 39.6 Å². The van der Waals surface area contributed by atoms with Crippen LogP contribution in [0.5, 0.6) is 0 Å². The molecule has 0 atom stereocenters. The van der Waals surface area contributed by atoms with Gasteiger partial charge in [0.05, 0.1) is 15.9 Å². The largest absolute Gasteiger partial charge is 0.326 e. The van der Waals surface area contributed by atoms with Gasteiger partial charge in [0.1, 0.15) is 0 Å². The number of aryl methyl sites for hydroxylation is 1. The Balaban J connectivity index is 1.29. The first kappa shape index (κ1) is 20.7. The molecule has 160 valence electrons. The van der Waals surface area contributed by atoms with Crippen molar-refractivity contribution in [3.63, 3.8) is 0 Å². The van der Waals surface area contributed by atoms with Crippen LogP contribution in [-0.2, 0) is 10.5 Å². The molecule has 31 heavy (non-hydrogen) atoms. The summed E-state index contributed by atoms with van der Waals surface area (Å²) in [6.45, 7) is 1.97. The van der Waals surface area contributed by atoms with Crippen LogP contribution in [-0.4, -0.2) is 20.3 Å². The van der Waals surface area contributed by atoms with Gasteiger partial charge >= 0.3 is 0 Å². The molecule has 5 rings (SSSR count). The molecule has 1 aliphatic carbocycles. The predicted molar refractivity (Wildman–Crippen MR) is 128 cm³/mol. The van der Waals surface area contributed by atoms with E-state index in [0.29, 0.717) is 5.75 Å². The van der Waals surface area contributed by atoms with E-state index in [1.54, 1.807) is 33.6 Å². The molecule has 0 radical (unpaired) electrons. The molecule has 1 aliphatic rings. The molecule has 1 fully saturated rings. The van der Waals surface area contributed by atoms with Crippen molar-refractivity contribution in [3.8, 4) is 0 Å². The number of carbonyl (C=O) groups excluding carboxylic acids is 1. The number of thioether (sulfide) groups is 1. The third kappa shape index (κ3) is 4.53. The molecule has 6 nitrogen and oxygen atoms in total. The zero-order chi connectivity index (χ0) is 21.4. The van der Waals surface area contributed by atoms with Gasteiger partial charge < -0.3 is 5.32 Å². The second-order valence-electron chi connectivity index (χ2n) is 7.86. The highest BCUT2D eigenvalue weighted by atomic mass is 32.2. The zero-order valence-electron chi connectivity index (χ0n) is 17.1. The van der Waals surface area contributed by atoms with E-state index >= 15 is 0 Å². The summed E-state index contributed by atoms with van der Waals surface area (Å²) in [5.41, 5.74) is 2.46. The van der Waals surface area contributed by atoms with Crippen LogP contribution in [0.25, 0.3) is 15.2 Å². The number of aromatic nitrogens is 3. The highest BCUT2D eigenvalue weighted by molar-refractivity contribution is 8.00. The molecular weight excluding hydrogens is 448 g/mol. The van der Waals surface area contributed by atoms with Gasteiger partial charge in [-0.1, -0.05) is 31.0 Å². The lowest BCUT2D eigenvalue weighted by Crippen LogP contribution is -2.24. The highest BCUT2D eigenvalue weighted by Gasteiger charge is 2.21. The van der Waals surface area contributed by atoms with Gasteiger partial charge in [-0.3, -0.25) is 14.0 Å². The summed E-state index contributed by atoms with van der Waals surface area (Å²) < 4.78 is 3.56. The number of amides is 1. The first-order valence-corrected chi connectivity index (χ1v) is 13.0. The van der Waals surface area contributed by atoms with Gasteiger partial charge in [0, 0.05) is 34.5 Å². The van der Waals surface area contributed by atoms with Crippen LogP contribution in [0, 0.1) is 12.8 Å². The SMILES string of the molecule is Cc1cn2c(=O)cc(CSc3nc4ccc(NC(=O)C5CCCCC5)cc4s3)nc2s1. The number of hydrogen-bond donors (Lipinski definition) is 1. The van der Waals surface area contributed by atoms with Crippen molar-refractivity contribution in [3.05, 3.63) is 51.4 Å². The number of rotatable bonds is 5. The summed E-state index contributed by atoms with van der Waals surface area (Å²) in [6, 6.07) is 7.48. The van der Waals surface area contributed by atoms with Crippen LogP contribution >= 0.6 is 34.4 Å². The minimum Gasteiger partial charge on any atom is -0.326 e. The molecule has 0 saturated heterocycles. The molecule has 3 heterocycles. The van der Waals surface area contributed by atoms with Crippen molar-refractivity contribution in [1.82, 2.24) is 14.4 Å². The van der Waals surface area contributed by atoms with Crippen LogP contribution in [0.1, 0.15) is 42.7 Å². The summed E-state index contributed by atoms with van der Waals surface area (Å²) in [4.78, 5) is 35.9. The maximum absolute atomic E-state index is 12.5. The maximum Gasteiger partial charge on any atom is 0.258 e. The quantitative estimate of drug-likeness (QED) is 0.391. The van der Waals surface area contributed by atoms with Gasteiger partial charge in [-0.15, -0.1) is 22.7 Å². The number of nitrogens with one attached hydrogen (secondary N) is 1. The Morgan fingerprint density at radius 3 is 2.87 bits per heavy atom. The average molecular weight is 471 g/mol. The first-order chi connectivity index (χ1) is 15.0. The molecule has 1 saturated carbocycles. The lowest BCUT2D eigenvalue weighted by molar-refractivity contribution is -0.120. The molecule has 3 aromatic heterocycles. The fourth-order valence-corrected chi connectivity index (χ4v) is 6.77. The molecule has 1 N–H and O–H groups in total. The van der Waals surface area contributed by atoms with Gasteiger partial charge in [-0.2, -0.15) is 0 Å². The number of fused-ring (bicyclic) bond motifs is 2. The number of nitrogens with zero attached hydrogens (tertiary/aromatic N) is 3. The van der Waals surface area contributed by atoms with Crippen molar-refractivity contribution in [1.29, 1.82) is 0 Å². The number of benzene rings is 1. The highest BCUT2D eigenvalue weighted by Crippen LogP contribution is 2.33. The fourth-order valence-electron chi connectivity index (χ4n) is 3.92. The molecule has 1 aromatic carbocycles. The Morgan fingerprint density at radius 2 is 2.03 bits per heavy atom.